The van der Waals surface area contributed by atoms with Crippen molar-refractivity contribution in [1.82, 2.24) is 5.32 Å². The minimum Gasteiger partial charge on any atom is -0.346 e. The fourth-order valence-electron chi connectivity index (χ4n) is 1.68. The van der Waals surface area contributed by atoms with Crippen LogP contribution in [0.3, 0.4) is 0 Å². The molecule has 0 heterocycles. The van der Waals surface area contributed by atoms with E-state index in [1.807, 2.05) is 44.2 Å². The molecule has 0 saturated heterocycles. The molecule has 1 aromatic rings. The maximum Gasteiger partial charge on any atom is 0.223 e. The molecule has 0 aromatic heterocycles. The van der Waals surface area contributed by atoms with Gasteiger partial charge < -0.3 is 5.32 Å². The van der Waals surface area contributed by atoms with Crippen molar-refractivity contribution >= 4 is 21.8 Å². The van der Waals surface area contributed by atoms with E-state index in [2.05, 4.69) is 35.1 Å². The number of hydrogen-bond donors (Lipinski definition) is 1. The van der Waals surface area contributed by atoms with Gasteiger partial charge in [0.25, 0.3) is 0 Å². The van der Waals surface area contributed by atoms with Crippen molar-refractivity contribution in [2.24, 2.45) is 11.8 Å². The summed E-state index contributed by atoms with van der Waals surface area (Å²) >= 11 is 3.51. The van der Waals surface area contributed by atoms with Gasteiger partial charge in [-0.2, -0.15) is 0 Å². The Labute approximate surface area is 118 Å². The molecule has 1 aromatic carbocycles. The molecule has 0 saturated carbocycles. The van der Waals surface area contributed by atoms with E-state index in [1.165, 1.54) is 0 Å². The van der Waals surface area contributed by atoms with Crippen LogP contribution < -0.4 is 5.32 Å². The Balaban J connectivity index is 2.87. The molecule has 1 N–H and O–H groups in total. The number of alkyl halides is 1. The molecule has 0 spiro atoms. The lowest BCUT2D eigenvalue weighted by molar-refractivity contribution is -0.127. The molecule has 0 bridgehead atoms. The van der Waals surface area contributed by atoms with E-state index < -0.39 is 0 Å². The predicted octanol–water partition coefficient (Wildman–Crippen LogP) is 3.71. The fraction of sp³-hybridized carbons (Fsp3) is 0.533. The van der Waals surface area contributed by atoms with Crippen molar-refractivity contribution in [3.05, 3.63) is 35.9 Å². The van der Waals surface area contributed by atoms with Crippen LogP contribution in [0.25, 0.3) is 0 Å². The highest BCUT2D eigenvalue weighted by molar-refractivity contribution is 9.09. The number of halogens is 1. The molecule has 18 heavy (non-hydrogen) atoms. The molecule has 0 fully saturated rings. The first-order valence-electron chi connectivity index (χ1n) is 6.34. The van der Waals surface area contributed by atoms with Crippen LogP contribution in [0.2, 0.25) is 0 Å². The number of hydrogen-bond acceptors (Lipinski definition) is 1. The third-order valence-electron chi connectivity index (χ3n) is 3.49. The number of nitrogens with one attached hydrogen (secondary N) is 1. The SMILES string of the molecule is CC(C)C(C)C(=O)NC(C)(CBr)c1ccccc1. The van der Waals surface area contributed by atoms with Crippen LogP contribution in [0.1, 0.15) is 33.3 Å². The van der Waals surface area contributed by atoms with E-state index in [0.29, 0.717) is 11.2 Å². The Kier molecular flexibility index (Phi) is 5.39. The molecule has 1 amide bonds. The molecule has 0 aliphatic carbocycles. The van der Waals surface area contributed by atoms with Crippen LogP contribution >= 0.6 is 15.9 Å². The average molecular weight is 312 g/mol. The molecule has 2 unspecified atom stereocenters. The molecule has 100 valence electrons. The Hall–Kier alpha value is -0.830. The predicted molar refractivity (Wildman–Crippen MR) is 79.7 cm³/mol. The molecule has 0 radical (unpaired) electrons. The van der Waals surface area contributed by atoms with Crippen LogP contribution in [-0.4, -0.2) is 11.2 Å². The second kappa shape index (κ2) is 6.37. The molecule has 0 aliphatic rings. The van der Waals surface area contributed by atoms with Gasteiger partial charge in [0.1, 0.15) is 0 Å². The number of amides is 1. The molecular formula is C15H22BrNO. The minimum absolute atomic E-state index is 0.0205. The summed E-state index contributed by atoms with van der Waals surface area (Å²) in [6, 6.07) is 10.1. The van der Waals surface area contributed by atoms with Gasteiger partial charge in [-0.05, 0) is 18.4 Å². The first-order chi connectivity index (χ1) is 8.40. The minimum atomic E-state index is -0.360. The summed E-state index contributed by atoms with van der Waals surface area (Å²) in [4.78, 5) is 12.2. The zero-order chi connectivity index (χ0) is 13.8. The summed E-state index contributed by atoms with van der Waals surface area (Å²) in [5, 5.41) is 3.85. The molecule has 2 atom stereocenters. The van der Waals surface area contributed by atoms with Gasteiger partial charge in [-0.25, -0.2) is 0 Å². The largest absolute Gasteiger partial charge is 0.346 e. The Bertz CT molecular complexity index is 391. The first kappa shape index (κ1) is 15.2. The van der Waals surface area contributed by atoms with Crippen LogP contribution in [-0.2, 0) is 10.3 Å². The standard InChI is InChI=1S/C15H22BrNO/c1-11(2)12(3)14(18)17-15(4,10-16)13-8-6-5-7-9-13/h5-9,11-12H,10H2,1-4H3,(H,17,18). The first-order valence-corrected chi connectivity index (χ1v) is 7.46. The van der Waals surface area contributed by atoms with Gasteiger partial charge in [0, 0.05) is 11.2 Å². The van der Waals surface area contributed by atoms with Crippen LogP contribution in [0.15, 0.2) is 30.3 Å². The van der Waals surface area contributed by atoms with E-state index in [9.17, 15) is 4.79 Å². The smallest absolute Gasteiger partial charge is 0.223 e. The van der Waals surface area contributed by atoms with Crippen molar-refractivity contribution < 1.29 is 4.79 Å². The maximum absolute atomic E-state index is 12.2. The number of benzene rings is 1. The van der Waals surface area contributed by atoms with Crippen molar-refractivity contribution in [3.63, 3.8) is 0 Å². The summed E-state index contributed by atoms with van der Waals surface area (Å²) in [6.45, 7) is 8.15. The second-order valence-electron chi connectivity index (χ2n) is 5.35. The van der Waals surface area contributed by atoms with Crippen molar-refractivity contribution in [2.75, 3.05) is 5.33 Å². The molecule has 1 rings (SSSR count). The summed E-state index contributed by atoms with van der Waals surface area (Å²) < 4.78 is 0. The fourth-order valence-corrected chi connectivity index (χ4v) is 2.14. The molecule has 0 aliphatic heterocycles. The normalized spacial score (nSPS) is 16.1. The van der Waals surface area contributed by atoms with Gasteiger partial charge in [0.15, 0.2) is 0 Å². The maximum atomic E-state index is 12.2. The lowest BCUT2D eigenvalue weighted by atomic mass is 9.91. The highest BCUT2D eigenvalue weighted by Gasteiger charge is 2.29. The van der Waals surface area contributed by atoms with Crippen molar-refractivity contribution in [2.45, 2.75) is 33.2 Å². The van der Waals surface area contributed by atoms with Gasteiger partial charge in [0.2, 0.25) is 5.91 Å². The zero-order valence-electron chi connectivity index (χ0n) is 11.5. The lowest BCUT2D eigenvalue weighted by Crippen LogP contribution is -2.47. The van der Waals surface area contributed by atoms with E-state index >= 15 is 0 Å². The number of carbonyl (C=O) groups excluding carboxylic acids is 1. The number of rotatable bonds is 5. The third kappa shape index (κ3) is 3.58. The second-order valence-corrected chi connectivity index (χ2v) is 5.91. The summed E-state index contributed by atoms with van der Waals surface area (Å²) in [6.07, 6.45) is 0. The van der Waals surface area contributed by atoms with Gasteiger partial charge >= 0.3 is 0 Å². The Morgan fingerprint density at radius 1 is 1.28 bits per heavy atom. The van der Waals surface area contributed by atoms with Crippen molar-refractivity contribution in [1.29, 1.82) is 0 Å². The molecule has 3 heteroatoms. The van der Waals surface area contributed by atoms with Gasteiger partial charge in [0.05, 0.1) is 5.54 Å². The Morgan fingerprint density at radius 2 is 1.83 bits per heavy atom. The van der Waals surface area contributed by atoms with E-state index in [-0.39, 0.29) is 17.4 Å². The van der Waals surface area contributed by atoms with Crippen LogP contribution in [0, 0.1) is 11.8 Å². The van der Waals surface area contributed by atoms with Crippen LogP contribution in [0.4, 0.5) is 0 Å². The topological polar surface area (TPSA) is 29.1 Å². The summed E-state index contributed by atoms with van der Waals surface area (Å²) in [5.74, 6) is 0.475. The monoisotopic (exact) mass is 311 g/mol. The Morgan fingerprint density at radius 3 is 2.28 bits per heavy atom. The highest BCUT2D eigenvalue weighted by Crippen LogP contribution is 2.24. The van der Waals surface area contributed by atoms with Crippen LogP contribution in [0.5, 0.6) is 0 Å². The third-order valence-corrected chi connectivity index (χ3v) is 4.61. The van der Waals surface area contributed by atoms with Gasteiger partial charge in [-0.1, -0.05) is 67.0 Å². The summed E-state index contributed by atoms with van der Waals surface area (Å²) in [7, 11) is 0. The van der Waals surface area contributed by atoms with Gasteiger partial charge in [-0.3, -0.25) is 4.79 Å². The lowest BCUT2D eigenvalue weighted by Gasteiger charge is -2.31. The van der Waals surface area contributed by atoms with E-state index in [4.69, 9.17) is 0 Å². The molecular weight excluding hydrogens is 290 g/mol. The van der Waals surface area contributed by atoms with E-state index in [0.717, 1.165) is 5.56 Å². The average Bonchev–Trinajstić information content (AvgIpc) is 2.38. The molecule has 2 nitrogen and oxygen atoms in total. The zero-order valence-corrected chi connectivity index (χ0v) is 13.1. The summed E-state index contributed by atoms with van der Waals surface area (Å²) in [5.41, 5.74) is 0.757. The van der Waals surface area contributed by atoms with Crippen molar-refractivity contribution in [3.8, 4) is 0 Å². The van der Waals surface area contributed by atoms with E-state index in [1.54, 1.807) is 0 Å². The highest BCUT2D eigenvalue weighted by atomic mass is 79.9. The van der Waals surface area contributed by atoms with Gasteiger partial charge in [-0.15, -0.1) is 0 Å². The quantitative estimate of drug-likeness (QED) is 0.825. The number of carbonyl (C=O) groups is 1.